The van der Waals surface area contributed by atoms with Crippen LogP contribution in [0.5, 0.6) is 11.8 Å². The summed E-state index contributed by atoms with van der Waals surface area (Å²) in [5.41, 5.74) is 7.66. The topological polar surface area (TPSA) is 61.0 Å². The van der Waals surface area contributed by atoms with Crippen molar-refractivity contribution in [1.29, 1.82) is 0 Å². The molecule has 0 saturated heterocycles. The SMILES string of the molecule is CC(C)(C)c1ccccc1Oc1ncc(CCN)cn1. The Kier molecular flexibility index (Phi) is 4.35. The molecule has 1 aromatic carbocycles. The number of hydrogen-bond acceptors (Lipinski definition) is 4. The van der Waals surface area contributed by atoms with Crippen molar-refractivity contribution >= 4 is 0 Å². The molecule has 2 aromatic rings. The third-order valence-corrected chi connectivity index (χ3v) is 3.01. The first-order valence-corrected chi connectivity index (χ1v) is 6.79. The first-order chi connectivity index (χ1) is 9.50. The van der Waals surface area contributed by atoms with Gasteiger partial charge in [-0.05, 0) is 30.0 Å². The maximum atomic E-state index is 5.82. The zero-order valence-corrected chi connectivity index (χ0v) is 12.3. The summed E-state index contributed by atoms with van der Waals surface area (Å²) in [7, 11) is 0. The lowest BCUT2D eigenvalue weighted by Gasteiger charge is -2.21. The van der Waals surface area contributed by atoms with Crippen molar-refractivity contribution in [3.63, 3.8) is 0 Å². The van der Waals surface area contributed by atoms with Gasteiger partial charge >= 0.3 is 6.01 Å². The number of hydrogen-bond donors (Lipinski definition) is 1. The average Bonchev–Trinajstić information content (AvgIpc) is 2.41. The summed E-state index contributed by atoms with van der Waals surface area (Å²) in [6, 6.07) is 8.34. The number of nitrogens with zero attached hydrogens (tertiary/aromatic N) is 2. The van der Waals surface area contributed by atoms with Crippen molar-refractivity contribution in [2.24, 2.45) is 5.73 Å². The number of para-hydroxylation sites is 1. The predicted molar refractivity (Wildman–Crippen MR) is 80.0 cm³/mol. The highest BCUT2D eigenvalue weighted by Crippen LogP contribution is 2.32. The molecule has 0 aliphatic rings. The Morgan fingerprint density at radius 1 is 1.10 bits per heavy atom. The summed E-state index contributed by atoms with van der Waals surface area (Å²) in [5.74, 6) is 0.798. The van der Waals surface area contributed by atoms with Crippen LogP contribution in [-0.2, 0) is 11.8 Å². The number of ether oxygens (including phenoxy) is 1. The average molecular weight is 271 g/mol. The maximum Gasteiger partial charge on any atom is 0.321 e. The van der Waals surface area contributed by atoms with E-state index in [2.05, 4.69) is 36.8 Å². The Labute approximate surface area is 120 Å². The van der Waals surface area contributed by atoms with Gasteiger partial charge in [0.1, 0.15) is 5.75 Å². The van der Waals surface area contributed by atoms with E-state index in [0.29, 0.717) is 12.6 Å². The molecule has 0 bridgehead atoms. The molecule has 0 aliphatic heterocycles. The van der Waals surface area contributed by atoms with Crippen molar-refractivity contribution in [2.75, 3.05) is 6.54 Å². The molecular weight excluding hydrogens is 250 g/mol. The fourth-order valence-corrected chi connectivity index (χ4v) is 1.96. The van der Waals surface area contributed by atoms with E-state index in [1.165, 1.54) is 0 Å². The van der Waals surface area contributed by atoms with E-state index in [-0.39, 0.29) is 5.41 Å². The van der Waals surface area contributed by atoms with Crippen molar-refractivity contribution < 1.29 is 4.74 Å². The van der Waals surface area contributed by atoms with Crippen molar-refractivity contribution in [3.8, 4) is 11.8 Å². The van der Waals surface area contributed by atoms with Crippen molar-refractivity contribution in [1.82, 2.24) is 9.97 Å². The van der Waals surface area contributed by atoms with Gasteiger partial charge in [0.2, 0.25) is 0 Å². The first kappa shape index (κ1) is 14.5. The minimum absolute atomic E-state index is 0.0100. The van der Waals surface area contributed by atoms with Gasteiger partial charge in [-0.1, -0.05) is 39.0 Å². The van der Waals surface area contributed by atoms with Crippen molar-refractivity contribution in [3.05, 3.63) is 47.8 Å². The lowest BCUT2D eigenvalue weighted by atomic mass is 9.86. The molecule has 0 atom stereocenters. The van der Waals surface area contributed by atoms with Crippen LogP contribution in [0, 0.1) is 0 Å². The minimum atomic E-state index is 0.0100. The molecule has 0 unspecified atom stereocenters. The molecule has 0 spiro atoms. The van der Waals surface area contributed by atoms with E-state index < -0.39 is 0 Å². The normalized spacial score (nSPS) is 11.4. The molecular formula is C16H21N3O. The molecule has 1 aromatic heterocycles. The smallest absolute Gasteiger partial charge is 0.321 e. The first-order valence-electron chi connectivity index (χ1n) is 6.79. The van der Waals surface area contributed by atoms with E-state index in [0.717, 1.165) is 23.3 Å². The van der Waals surface area contributed by atoms with Gasteiger partial charge in [0.15, 0.2) is 0 Å². The molecule has 2 rings (SSSR count). The fourth-order valence-electron chi connectivity index (χ4n) is 1.96. The van der Waals surface area contributed by atoms with Crippen LogP contribution in [0.4, 0.5) is 0 Å². The highest BCUT2D eigenvalue weighted by Gasteiger charge is 2.19. The summed E-state index contributed by atoms with van der Waals surface area (Å²) in [6.45, 7) is 7.05. The molecule has 0 aliphatic carbocycles. The summed E-state index contributed by atoms with van der Waals surface area (Å²) in [6.07, 6.45) is 4.29. The highest BCUT2D eigenvalue weighted by molar-refractivity contribution is 5.39. The summed E-state index contributed by atoms with van der Waals surface area (Å²) in [5, 5.41) is 0. The largest absolute Gasteiger partial charge is 0.424 e. The van der Waals surface area contributed by atoms with E-state index in [4.69, 9.17) is 10.5 Å². The number of benzene rings is 1. The third-order valence-electron chi connectivity index (χ3n) is 3.01. The quantitative estimate of drug-likeness (QED) is 0.928. The summed E-state index contributed by atoms with van der Waals surface area (Å²) < 4.78 is 5.82. The van der Waals surface area contributed by atoms with Gasteiger partial charge in [-0.2, -0.15) is 0 Å². The summed E-state index contributed by atoms with van der Waals surface area (Å²) >= 11 is 0. The predicted octanol–water partition coefficient (Wildman–Crippen LogP) is 3.07. The molecule has 0 radical (unpaired) electrons. The van der Waals surface area contributed by atoms with E-state index in [1.807, 2.05) is 18.2 Å². The number of rotatable bonds is 4. The van der Waals surface area contributed by atoms with Gasteiger partial charge in [-0.25, -0.2) is 9.97 Å². The second kappa shape index (κ2) is 6.01. The zero-order valence-electron chi connectivity index (χ0n) is 12.3. The van der Waals surface area contributed by atoms with Crippen LogP contribution in [-0.4, -0.2) is 16.5 Å². The minimum Gasteiger partial charge on any atom is -0.424 e. The Hall–Kier alpha value is -1.94. The molecule has 0 saturated carbocycles. The standard InChI is InChI=1S/C16H21N3O/c1-16(2,3)13-6-4-5-7-14(13)20-15-18-10-12(8-9-17)11-19-15/h4-7,10-11H,8-9,17H2,1-3H3. The Balaban J connectivity index is 2.22. The van der Waals surface area contributed by atoms with Gasteiger partial charge in [0, 0.05) is 18.0 Å². The zero-order chi connectivity index (χ0) is 14.6. The van der Waals surface area contributed by atoms with Gasteiger partial charge in [-0.15, -0.1) is 0 Å². The fraction of sp³-hybridized carbons (Fsp3) is 0.375. The monoisotopic (exact) mass is 271 g/mol. The van der Waals surface area contributed by atoms with E-state index in [9.17, 15) is 0 Å². The Bertz CT molecular complexity index is 559. The number of aromatic nitrogens is 2. The molecule has 1 heterocycles. The molecule has 2 N–H and O–H groups in total. The molecule has 106 valence electrons. The lowest BCUT2D eigenvalue weighted by Crippen LogP contribution is -2.12. The second-order valence-electron chi connectivity index (χ2n) is 5.76. The third kappa shape index (κ3) is 3.54. The Morgan fingerprint density at radius 2 is 1.75 bits per heavy atom. The number of nitrogens with two attached hydrogens (primary N) is 1. The van der Waals surface area contributed by atoms with Crippen LogP contribution in [0.2, 0.25) is 0 Å². The van der Waals surface area contributed by atoms with Crippen LogP contribution in [0.1, 0.15) is 31.9 Å². The van der Waals surface area contributed by atoms with E-state index in [1.54, 1.807) is 12.4 Å². The molecule has 0 fully saturated rings. The van der Waals surface area contributed by atoms with Crippen LogP contribution < -0.4 is 10.5 Å². The van der Waals surface area contributed by atoms with E-state index >= 15 is 0 Å². The second-order valence-corrected chi connectivity index (χ2v) is 5.76. The van der Waals surface area contributed by atoms with Crippen LogP contribution >= 0.6 is 0 Å². The van der Waals surface area contributed by atoms with Gasteiger partial charge in [0.05, 0.1) is 0 Å². The van der Waals surface area contributed by atoms with Crippen LogP contribution in [0.25, 0.3) is 0 Å². The van der Waals surface area contributed by atoms with Gasteiger partial charge in [0.25, 0.3) is 0 Å². The van der Waals surface area contributed by atoms with Crippen LogP contribution in [0.15, 0.2) is 36.7 Å². The van der Waals surface area contributed by atoms with Gasteiger partial charge < -0.3 is 10.5 Å². The molecule has 4 heteroatoms. The molecule has 0 amide bonds. The highest BCUT2D eigenvalue weighted by atomic mass is 16.5. The summed E-state index contributed by atoms with van der Waals surface area (Å²) in [4.78, 5) is 8.45. The molecule has 4 nitrogen and oxygen atoms in total. The maximum absolute atomic E-state index is 5.82. The van der Waals surface area contributed by atoms with Crippen LogP contribution in [0.3, 0.4) is 0 Å². The van der Waals surface area contributed by atoms with Gasteiger partial charge in [-0.3, -0.25) is 0 Å². The molecule has 20 heavy (non-hydrogen) atoms. The lowest BCUT2D eigenvalue weighted by molar-refractivity contribution is 0.422. The Morgan fingerprint density at radius 3 is 2.35 bits per heavy atom. The van der Waals surface area contributed by atoms with Crippen molar-refractivity contribution in [2.45, 2.75) is 32.6 Å².